The fourth-order valence-corrected chi connectivity index (χ4v) is 2.69. The molecule has 4 nitrogen and oxygen atoms in total. The maximum absolute atomic E-state index is 5.76. The first kappa shape index (κ1) is 12.9. The van der Waals surface area contributed by atoms with Crippen molar-refractivity contribution in [2.75, 3.05) is 5.73 Å². The van der Waals surface area contributed by atoms with Crippen LogP contribution >= 0.6 is 0 Å². The molecule has 0 amide bonds. The molecule has 4 heteroatoms. The molecule has 0 saturated carbocycles. The Morgan fingerprint density at radius 3 is 2.80 bits per heavy atom. The molecule has 0 radical (unpaired) electrons. The summed E-state index contributed by atoms with van der Waals surface area (Å²) in [5.41, 5.74) is 9.28. The fraction of sp³-hybridized carbons (Fsp3) is 0.375. The number of fused-ring (bicyclic) bond motifs is 3. The number of anilines is 1. The van der Waals surface area contributed by atoms with Gasteiger partial charge in [0.05, 0.1) is 5.52 Å². The Morgan fingerprint density at radius 2 is 2.05 bits per heavy atom. The third-order valence-electron chi connectivity index (χ3n) is 3.83. The lowest BCUT2D eigenvalue weighted by Gasteiger charge is -2.06. The zero-order valence-electron chi connectivity index (χ0n) is 12.1. The maximum atomic E-state index is 5.76. The lowest BCUT2D eigenvalue weighted by molar-refractivity contribution is 0.661. The molecule has 3 rings (SSSR count). The number of aryl methyl sites for hydroxylation is 2. The zero-order chi connectivity index (χ0) is 14.1. The summed E-state index contributed by atoms with van der Waals surface area (Å²) >= 11 is 0. The zero-order valence-corrected chi connectivity index (χ0v) is 12.1. The van der Waals surface area contributed by atoms with Crippen molar-refractivity contribution in [3.63, 3.8) is 0 Å². The summed E-state index contributed by atoms with van der Waals surface area (Å²) in [5.74, 6) is 0.341. The van der Waals surface area contributed by atoms with Crippen molar-refractivity contribution in [1.82, 2.24) is 14.5 Å². The molecule has 0 aliphatic carbocycles. The topological polar surface area (TPSA) is 56.7 Å². The molecule has 0 unspecified atom stereocenters. The lowest BCUT2D eigenvalue weighted by atomic mass is 10.1. The van der Waals surface area contributed by atoms with Gasteiger partial charge >= 0.3 is 0 Å². The van der Waals surface area contributed by atoms with Crippen LogP contribution in [0.5, 0.6) is 0 Å². The van der Waals surface area contributed by atoms with E-state index >= 15 is 0 Å². The molecule has 2 aromatic heterocycles. The average Bonchev–Trinajstić information content (AvgIpc) is 2.77. The summed E-state index contributed by atoms with van der Waals surface area (Å²) < 4.78 is 2.27. The molecule has 3 aromatic rings. The number of benzene rings is 1. The molecule has 0 aliphatic heterocycles. The molecule has 0 saturated heterocycles. The van der Waals surface area contributed by atoms with Crippen LogP contribution in [0.4, 0.5) is 5.95 Å². The maximum Gasteiger partial charge on any atom is 0.221 e. The summed E-state index contributed by atoms with van der Waals surface area (Å²) in [6, 6.07) is 6.64. The number of nitrogens with zero attached hydrogens (tertiary/aromatic N) is 3. The van der Waals surface area contributed by atoms with Crippen LogP contribution in [-0.2, 0) is 13.0 Å². The number of rotatable bonds is 4. The summed E-state index contributed by atoms with van der Waals surface area (Å²) in [6.07, 6.45) is 5.18. The Bertz CT molecular complexity index is 758. The fourth-order valence-electron chi connectivity index (χ4n) is 2.69. The van der Waals surface area contributed by atoms with Crippen LogP contribution in [0.25, 0.3) is 21.9 Å². The Labute approximate surface area is 118 Å². The number of aromatic nitrogens is 3. The van der Waals surface area contributed by atoms with Gasteiger partial charge in [0.25, 0.3) is 0 Å². The first-order valence-corrected chi connectivity index (χ1v) is 7.28. The van der Waals surface area contributed by atoms with Crippen LogP contribution in [0.2, 0.25) is 0 Å². The first-order chi connectivity index (χ1) is 9.74. The van der Waals surface area contributed by atoms with E-state index < -0.39 is 0 Å². The Hall–Kier alpha value is -2.10. The lowest BCUT2D eigenvalue weighted by Crippen LogP contribution is -2.01. The van der Waals surface area contributed by atoms with E-state index in [4.69, 9.17) is 5.73 Å². The molecule has 20 heavy (non-hydrogen) atoms. The van der Waals surface area contributed by atoms with Gasteiger partial charge in [0.15, 0.2) is 0 Å². The average molecular weight is 268 g/mol. The van der Waals surface area contributed by atoms with Crippen molar-refractivity contribution >= 4 is 27.9 Å². The Morgan fingerprint density at radius 1 is 1.20 bits per heavy atom. The van der Waals surface area contributed by atoms with Gasteiger partial charge in [-0.25, -0.2) is 4.98 Å². The van der Waals surface area contributed by atoms with Crippen molar-refractivity contribution in [3.8, 4) is 0 Å². The molecule has 2 heterocycles. The summed E-state index contributed by atoms with van der Waals surface area (Å²) in [4.78, 5) is 8.61. The van der Waals surface area contributed by atoms with Gasteiger partial charge in [-0.3, -0.25) is 0 Å². The second-order valence-electron chi connectivity index (χ2n) is 5.18. The molecule has 0 aliphatic rings. The monoisotopic (exact) mass is 268 g/mol. The van der Waals surface area contributed by atoms with Crippen molar-refractivity contribution < 1.29 is 0 Å². The largest absolute Gasteiger partial charge is 0.368 e. The standard InChI is InChI=1S/C16H20N4/c1-3-5-8-20-14-7-6-11(4-2)9-12(14)13-10-18-16(17)19-15(13)20/h6-7,9-10H,3-5,8H2,1-2H3,(H2,17,18,19). The second-order valence-corrected chi connectivity index (χ2v) is 5.18. The molecule has 0 fully saturated rings. The second kappa shape index (κ2) is 5.12. The summed E-state index contributed by atoms with van der Waals surface area (Å²) in [6.45, 7) is 5.34. The van der Waals surface area contributed by atoms with Gasteiger partial charge in [-0.05, 0) is 30.5 Å². The van der Waals surface area contributed by atoms with Crippen LogP contribution in [0.3, 0.4) is 0 Å². The molecule has 0 bridgehead atoms. The van der Waals surface area contributed by atoms with E-state index in [1.54, 1.807) is 0 Å². The van der Waals surface area contributed by atoms with Gasteiger partial charge in [0, 0.05) is 23.5 Å². The van der Waals surface area contributed by atoms with Crippen LogP contribution in [0.15, 0.2) is 24.4 Å². The number of hydrogen-bond donors (Lipinski definition) is 1. The number of hydrogen-bond acceptors (Lipinski definition) is 3. The van der Waals surface area contributed by atoms with Crippen molar-refractivity contribution in [2.24, 2.45) is 0 Å². The smallest absolute Gasteiger partial charge is 0.221 e. The minimum atomic E-state index is 0.341. The molecule has 0 spiro atoms. The molecular formula is C16H20N4. The molecule has 0 atom stereocenters. The number of nitrogen functional groups attached to an aromatic ring is 1. The van der Waals surface area contributed by atoms with Crippen molar-refractivity contribution in [2.45, 2.75) is 39.7 Å². The van der Waals surface area contributed by atoms with E-state index in [0.717, 1.165) is 36.8 Å². The van der Waals surface area contributed by atoms with Gasteiger partial charge in [-0.2, -0.15) is 4.98 Å². The highest BCUT2D eigenvalue weighted by atomic mass is 15.1. The third-order valence-corrected chi connectivity index (χ3v) is 3.83. The summed E-state index contributed by atoms with van der Waals surface area (Å²) in [7, 11) is 0. The molecule has 1 aromatic carbocycles. The molecule has 2 N–H and O–H groups in total. The number of unbranched alkanes of at least 4 members (excludes halogenated alkanes) is 1. The van der Waals surface area contributed by atoms with E-state index in [2.05, 4.69) is 46.6 Å². The van der Waals surface area contributed by atoms with E-state index in [9.17, 15) is 0 Å². The minimum Gasteiger partial charge on any atom is -0.368 e. The van der Waals surface area contributed by atoms with Gasteiger partial charge in [0.1, 0.15) is 5.65 Å². The normalized spacial score (nSPS) is 11.5. The Balaban J connectivity index is 2.33. The highest BCUT2D eigenvalue weighted by molar-refractivity contribution is 6.06. The van der Waals surface area contributed by atoms with Crippen LogP contribution in [0, 0.1) is 0 Å². The van der Waals surface area contributed by atoms with Crippen molar-refractivity contribution in [3.05, 3.63) is 30.0 Å². The highest BCUT2D eigenvalue weighted by Crippen LogP contribution is 2.29. The minimum absolute atomic E-state index is 0.341. The van der Waals surface area contributed by atoms with Gasteiger partial charge in [-0.1, -0.05) is 26.3 Å². The van der Waals surface area contributed by atoms with E-state index in [-0.39, 0.29) is 0 Å². The summed E-state index contributed by atoms with van der Waals surface area (Å²) in [5, 5.41) is 2.33. The SMILES string of the molecule is CCCCn1c2ccc(CC)cc2c2cnc(N)nc21. The van der Waals surface area contributed by atoms with Crippen molar-refractivity contribution in [1.29, 1.82) is 0 Å². The number of nitrogens with two attached hydrogens (primary N) is 1. The predicted molar refractivity (Wildman–Crippen MR) is 83.7 cm³/mol. The van der Waals surface area contributed by atoms with Crippen LogP contribution in [0.1, 0.15) is 32.3 Å². The van der Waals surface area contributed by atoms with E-state index in [1.807, 2.05) is 6.20 Å². The van der Waals surface area contributed by atoms with Gasteiger partial charge in [0.2, 0.25) is 5.95 Å². The van der Waals surface area contributed by atoms with Crippen LogP contribution < -0.4 is 5.73 Å². The quantitative estimate of drug-likeness (QED) is 0.787. The van der Waals surface area contributed by atoms with E-state index in [1.165, 1.54) is 16.5 Å². The van der Waals surface area contributed by atoms with E-state index in [0.29, 0.717) is 5.95 Å². The van der Waals surface area contributed by atoms with Gasteiger partial charge < -0.3 is 10.3 Å². The predicted octanol–water partition coefficient (Wildman–Crippen LogP) is 3.53. The van der Waals surface area contributed by atoms with Gasteiger partial charge in [-0.15, -0.1) is 0 Å². The molecule has 104 valence electrons. The highest BCUT2D eigenvalue weighted by Gasteiger charge is 2.12. The first-order valence-electron chi connectivity index (χ1n) is 7.28. The van der Waals surface area contributed by atoms with Crippen LogP contribution in [-0.4, -0.2) is 14.5 Å². The third kappa shape index (κ3) is 2.01. The Kier molecular flexibility index (Phi) is 3.30. The molecular weight excluding hydrogens is 248 g/mol.